The molecule has 1 amide bonds. The lowest BCUT2D eigenvalue weighted by atomic mass is 10.1. The van der Waals surface area contributed by atoms with Gasteiger partial charge in [-0.3, -0.25) is 9.69 Å². The van der Waals surface area contributed by atoms with Crippen LogP contribution in [0.4, 0.5) is 11.6 Å². The summed E-state index contributed by atoms with van der Waals surface area (Å²) in [6.07, 6.45) is 0. The van der Waals surface area contributed by atoms with E-state index in [1.807, 2.05) is 36.2 Å². The van der Waals surface area contributed by atoms with Crippen LogP contribution in [0.15, 0.2) is 47.4 Å². The maximum absolute atomic E-state index is 13.5. The molecule has 32 heavy (non-hydrogen) atoms. The molecule has 1 aliphatic heterocycles. The Balaban J connectivity index is 1.78. The highest BCUT2D eigenvalue weighted by molar-refractivity contribution is 7.89. The topological polar surface area (TPSA) is 86.7 Å². The first kappa shape index (κ1) is 22.4. The molecule has 4 rings (SSSR count). The maximum Gasteiger partial charge on any atom is 0.259 e. The van der Waals surface area contributed by atoms with Gasteiger partial charge in [0.1, 0.15) is 4.90 Å². The first-order chi connectivity index (χ1) is 15.3. The number of aromatic nitrogens is 2. The third-order valence-electron chi connectivity index (χ3n) is 5.56. The molecule has 0 fully saturated rings. The molecule has 2 aromatic carbocycles. The quantitative estimate of drug-likeness (QED) is 0.564. The van der Waals surface area contributed by atoms with Gasteiger partial charge in [0.05, 0.1) is 16.1 Å². The van der Waals surface area contributed by atoms with E-state index < -0.39 is 10.0 Å². The lowest BCUT2D eigenvalue weighted by molar-refractivity contribution is 0.0985. The highest BCUT2D eigenvalue weighted by Gasteiger charge is 2.31. The minimum Gasteiger partial charge on any atom is -0.355 e. The van der Waals surface area contributed by atoms with Gasteiger partial charge in [-0.2, -0.15) is 4.31 Å². The monoisotopic (exact) mass is 473 g/mol. The van der Waals surface area contributed by atoms with Gasteiger partial charge in [-0.1, -0.05) is 37.6 Å². The van der Waals surface area contributed by atoms with Crippen molar-refractivity contribution < 1.29 is 13.2 Å². The van der Waals surface area contributed by atoms with E-state index in [0.29, 0.717) is 43.3 Å². The second-order valence-corrected chi connectivity index (χ2v) is 9.79. The molecule has 10 heteroatoms. The molecule has 0 bridgehead atoms. The zero-order valence-corrected chi connectivity index (χ0v) is 19.7. The number of hydrogen-bond donors (Lipinski definition) is 0. The van der Waals surface area contributed by atoms with E-state index in [1.54, 1.807) is 24.8 Å². The molecule has 0 unspecified atom stereocenters. The lowest BCUT2D eigenvalue weighted by Crippen LogP contribution is -2.43. The first-order valence-electron chi connectivity index (χ1n) is 10.4. The van der Waals surface area contributed by atoms with Gasteiger partial charge in [0.25, 0.3) is 5.91 Å². The normalized spacial score (nSPS) is 14.2. The number of para-hydroxylation sites is 2. The second-order valence-electron chi connectivity index (χ2n) is 7.47. The van der Waals surface area contributed by atoms with Crippen LogP contribution >= 0.6 is 11.6 Å². The Labute approximate surface area is 192 Å². The van der Waals surface area contributed by atoms with Gasteiger partial charge in [0.15, 0.2) is 11.6 Å². The Morgan fingerprint density at radius 2 is 1.66 bits per heavy atom. The van der Waals surface area contributed by atoms with Gasteiger partial charge in [-0.15, -0.1) is 0 Å². The predicted octanol–water partition coefficient (Wildman–Crippen LogP) is 3.41. The van der Waals surface area contributed by atoms with Gasteiger partial charge in [-0.25, -0.2) is 18.4 Å². The van der Waals surface area contributed by atoms with Crippen LogP contribution in [0.2, 0.25) is 5.02 Å². The largest absolute Gasteiger partial charge is 0.355 e. The third kappa shape index (κ3) is 3.80. The van der Waals surface area contributed by atoms with Crippen LogP contribution in [0.1, 0.15) is 24.2 Å². The number of likely N-dealkylation sites (N-methyl/N-ethyl adjacent to an activating group) is 1. The molecule has 0 atom stereocenters. The zero-order valence-electron chi connectivity index (χ0n) is 18.1. The number of nitrogens with zero attached hydrogens (tertiary/aromatic N) is 5. The maximum atomic E-state index is 13.5. The van der Waals surface area contributed by atoms with Crippen LogP contribution in [-0.4, -0.2) is 61.8 Å². The fraction of sp³-hybridized carbons (Fsp3) is 0.318. The van der Waals surface area contributed by atoms with Crippen LogP contribution < -0.4 is 9.80 Å². The molecule has 0 spiro atoms. The standard InChI is InChI=1S/C22H24ClN5O3S/c1-4-27(5-2)32(30,31)19-14-15(10-11-16(19)23)22(29)28-13-12-26(3)20-21(28)25-18-9-7-6-8-17(18)24-20/h6-11,14H,4-5,12-13H2,1-3H3. The summed E-state index contributed by atoms with van der Waals surface area (Å²) in [5.74, 6) is 0.704. The minimum atomic E-state index is -3.82. The fourth-order valence-electron chi connectivity index (χ4n) is 3.77. The molecule has 1 aromatic heterocycles. The van der Waals surface area contributed by atoms with E-state index in [0.717, 1.165) is 5.52 Å². The number of amides is 1. The summed E-state index contributed by atoms with van der Waals surface area (Å²) in [6, 6.07) is 11.8. The molecular formula is C22H24ClN5O3S. The number of carbonyl (C=O) groups is 1. The summed E-state index contributed by atoms with van der Waals surface area (Å²) >= 11 is 6.24. The molecule has 168 valence electrons. The van der Waals surface area contributed by atoms with Crippen molar-refractivity contribution in [3.63, 3.8) is 0 Å². The minimum absolute atomic E-state index is 0.0762. The molecule has 0 aliphatic carbocycles. The van der Waals surface area contributed by atoms with E-state index in [9.17, 15) is 13.2 Å². The van der Waals surface area contributed by atoms with Crippen molar-refractivity contribution in [2.75, 3.05) is 43.0 Å². The number of fused-ring (bicyclic) bond motifs is 2. The van der Waals surface area contributed by atoms with Crippen LogP contribution in [0.3, 0.4) is 0 Å². The van der Waals surface area contributed by atoms with Crippen LogP contribution in [0.25, 0.3) is 11.0 Å². The highest BCUT2D eigenvalue weighted by atomic mass is 35.5. The first-order valence-corrected chi connectivity index (χ1v) is 12.2. The van der Waals surface area contributed by atoms with Gasteiger partial charge < -0.3 is 4.90 Å². The van der Waals surface area contributed by atoms with Crippen molar-refractivity contribution in [3.8, 4) is 0 Å². The van der Waals surface area contributed by atoms with Crippen LogP contribution in [-0.2, 0) is 10.0 Å². The summed E-state index contributed by atoms with van der Waals surface area (Å²) in [4.78, 5) is 26.3. The Bertz CT molecular complexity index is 1290. The molecule has 0 N–H and O–H groups in total. The molecule has 2 heterocycles. The smallest absolute Gasteiger partial charge is 0.259 e. The van der Waals surface area contributed by atoms with E-state index in [4.69, 9.17) is 11.6 Å². The summed E-state index contributed by atoms with van der Waals surface area (Å²) < 4.78 is 27.4. The van der Waals surface area contributed by atoms with Crippen molar-refractivity contribution in [2.24, 2.45) is 0 Å². The zero-order chi connectivity index (χ0) is 23.0. The molecule has 0 saturated carbocycles. The van der Waals surface area contributed by atoms with E-state index in [1.165, 1.54) is 16.4 Å². The number of hydrogen-bond acceptors (Lipinski definition) is 6. The van der Waals surface area contributed by atoms with Gasteiger partial charge in [0, 0.05) is 38.8 Å². The summed E-state index contributed by atoms with van der Waals surface area (Å²) in [5.41, 5.74) is 1.65. The molecule has 0 saturated heterocycles. The van der Waals surface area contributed by atoms with Gasteiger partial charge in [0.2, 0.25) is 10.0 Å². The predicted molar refractivity (Wildman–Crippen MR) is 126 cm³/mol. The molecule has 1 aliphatic rings. The lowest BCUT2D eigenvalue weighted by Gasteiger charge is -2.33. The summed E-state index contributed by atoms with van der Waals surface area (Å²) in [7, 11) is -1.92. The average molecular weight is 474 g/mol. The second kappa shape index (κ2) is 8.65. The Morgan fingerprint density at radius 3 is 2.28 bits per heavy atom. The third-order valence-corrected chi connectivity index (χ3v) is 8.09. The van der Waals surface area contributed by atoms with Crippen molar-refractivity contribution in [1.82, 2.24) is 14.3 Å². The highest BCUT2D eigenvalue weighted by Crippen LogP contribution is 2.33. The van der Waals surface area contributed by atoms with Gasteiger partial charge >= 0.3 is 0 Å². The summed E-state index contributed by atoms with van der Waals surface area (Å²) in [5, 5.41) is 0.0815. The van der Waals surface area contributed by atoms with E-state index in [2.05, 4.69) is 9.97 Å². The number of sulfonamides is 1. The number of halogens is 1. The molecular weight excluding hydrogens is 450 g/mol. The van der Waals surface area contributed by atoms with Crippen molar-refractivity contribution in [2.45, 2.75) is 18.7 Å². The number of rotatable bonds is 5. The van der Waals surface area contributed by atoms with Crippen molar-refractivity contribution in [3.05, 3.63) is 53.1 Å². The Morgan fingerprint density at radius 1 is 1.03 bits per heavy atom. The fourth-order valence-corrected chi connectivity index (χ4v) is 5.73. The number of carbonyl (C=O) groups excluding carboxylic acids is 1. The Hall–Kier alpha value is -2.75. The molecule has 3 aromatic rings. The number of benzene rings is 2. The number of anilines is 2. The van der Waals surface area contributed by atoms with Crippen LogP contribution in [0.5, 0.6) is 0 Å². The molecule has 8 nitrogen and oxygen atoms in total. The van der Waals surface area contributed by atoms with E-state index >= 15 is 0 Å². The van der Waals surface area contributed by atoms with Crippen LogP contribution in [0, 0.1) is 0 Å². The van der Waals surface area contributed by atoms with E-state index in [-0.39, 0.29) is 21.4 Å². The van der Waals surface area contributed by atoms with Crippen molar-refractivity contribution >= 4 is 50.2 Å². The molecule has 0 radical (unpaired) electrons. The summed E-state index contributed by atoms with van der Waals surface area (Å²) in [6.45, 7) is 5.10. The SMILES string of the molecule is CCN(CC)S(=O)(=O)c1cc(C(=O)N2CCN(C)c3nc4ccccc4nc32)ccc1Cl. The van der Waals surface area contributed by atoms with Crippen molar-refractivity contribution in [1.29, 1.82) is 0 Å². The van der Waals surface area contributed by atoms with Gasteiger partial charge in [-0.05, 0) is 30.3 Å². The Kier molecular flexibility index (Phi) is 6.07. The average Bonchev–Trinajstić information content (AvgIpc) is 2.79.